The van der Waals surface area contributed by atoms with Crippen LogP contribution in [-0.2, 0) is 0 Å². The summed E-state index contributed by atoms with van der Waals surface area (Å²) >= 11 is 0. The third-order valence-electron chi connectivity index (χ3n) is 5.24. The number of nitrogens with zero attached hydrogens (tertiary/aromatic N) is 5. The monoisotopic (exact) mass is 452 g/mol. The van der Waals surface area contributed by atoms with Gasteiger partial charge in [0.15, 0.2) is 0 Å². The van der Waals surface area contributed by atoms with Crippen molar-refractivity contribution in [2.45, 2.75) is 6.92 Å². The van der Waals surface area contributed by atoms with Gasteiger partial charge in [-0.25, -0.2) is 9.67 Å². The van der Waals surface area contributed by atoms with E-state index in [9.17, 15) is 4.79 Å². The van der Waals surface area contributed by atoms with Crippen molar-refractivity contribution in [1.29, 1.82) is 0 Å². The van der Waals surface area contributed by atoms with E-state index in [1.807, 2.05) is 48.7 Å². The molecule has 1 N–H and O–H groups in total. The van der Waals surface area contributed by atoms with Crippen molar-refractivity contribution < 1.29 is 14.1 Å². The van der Waals surface area contributed by atoms with E-state index in [1.165, 1.54) is 7.11 Å². The number of amides is 1. The van der Waals surface area contributed by atoms with Crippen LogP contribution in [-0.4, -0.2) is 37.9 Å². The Hall–Kier alpha value is -4.79. The number of rotatable bonds is 6. The lowest BCUT2D eigenvalue weighted by atomic mass is 10.1. The number of methoxy groups -OCH3 is 1. The Morgan fingerprint density at radius 2 is 1.82 bits per heavy atom. The quantitative estimate of drug-likeness (QED) is 0.402. The summed E-state index contributed by atoms with van der Waals surface area (Å²) in [5.41, 5.74) is 4.39. The maximum absolute atomic E-state index is 13.2. The van der Waals surface area contributed by atoms with Crippen LogP contribution in [0.4, 0.5) is 5.69 Å². The summed E-state index contributed by atoms with van der Waals surface area (Å²) in [4.78, 5) is 21.7. The van der Waals surface area contributed by atoms with Gasteiger partial charge in [-0.15, -0.1) is 0 Å². The molecular formula is C25H20N6O3. The zero-order valence-electron chi connectivity index (χ0n) is 18.5. The third kappa shape index (κ3) is 4.02. The van der Waals surface area contributed by atoms with E-state index >= 15 is 0 Å². The summed E-state index contributed by atoms with van der Waals surface area (Å²) in [6.07, 6.45) is 6.99. The summed E-state index contributed by atoms with van der Waals surface area (Å²) in [5.74, 6) is 0.331. The van der Waals surface area contributed by atoms with Crippen molar-refractivity contribution in [3.8, 4) is 34.1 Å². The average Bonchev–Trinajstić information content (AvgIpc) is 3.53. The number of carbonyl (C=O) groups is 1. The molecule has 0 spiro atoms. The number of carbonyl (C=O) groups excluding carboxylic acids is 1. The van der Waals surface area contributed by atoms with Crippen LogP contribution in [0.2, 0.25) is 0 Å². The number of nitrogens with one attached hydrogen (secondary N) is 1. The molecule has 5 rings (SSSR count). The standard InChI is InChI=1S/C25H20N6O3/c1-16-22(23(30-34-16)17-6-4-3-5-7-17)24(32)28-21-9-8-20(29-25(21)33-2)18-14-27-31(15-18)19-10-12-26-13-11-19/h3-15H,1-2H3,(H,28,32). The topological polar surface area (TPSA) is 108 Å². The molecule has 0 saturated heterocycles. The predicted octanol–water partition coefficient (Wildman–Crippen LogP) is 4.55. The summed E-state index contributed by atoms with van der Waals surface area (Å²) in [6, 6.07) is 16.7. The smallest absolute Gasteiger partial charge is 0.261 e. The lowest BCUT2D eigenvalue weighted by molar-refractivity contribution is 0.102. The molecule has 1 aromatic carbocycles. The van der Waals surface area contributed by atoms with Gasteiger partial charge in [0.2, 0.25) is 5.88 Å². The predicted molar refractivity (Wildman–Crippen MR) is 126 cm³/mol. The van der Waals surface area contributed by atoms with E-state index in [1.54, 1.807) is 42.3 Å². The fourth-order valence-corrected chi connectivity index (χ4v) is 3.56. The van der Waals surface area contributed by atoms with Crippen molar-refractivity contribution in [2.24, 2.45) is 0 Å². The lowest BCUT2D eigenvalue weighted by Gasteiger charge is -2.11. The summed E-state index contributed by atoms with van der Waals surface area (Å²) in [6.45, 7) is 1.70. The number of benzene rings is 1. The molecule has 9 heteroatoms. The molecule has 168 valence electrons. The number of hydrogen-bond donors (Lipinski definition) is 1. The highest BCUT2D eigenvalue weighted by molar-refractivity contribution is 6.09. The molecule has 5 aromatic rings. The molecular weight excluding hydrogens is 432 g/mol. The SMILES string of the molecule is COc1nc(-c2cnn(-c3ccncc3)c2)ccc1NC(=O)c1c(-c2ccccc2)noc1C. The van der Waals surface area contributed by atoms with Crippen molar-refractivity contribution in [3.05, 3.63) is 90.7 Å². The second kappa shape index (κ2) is 8.99. The van der Waals surface area contributed by atoms with Gasteiger partial charge >= 0.3 is 0 Å². The van der Waals surface area contributed by atoms with Crippen LogP contribution in [0, 0.1) is 6.92 Å². The first-order valence-corrected chi connectivity index (χ1v) is 10.5. The first-order chi connectivity index (χ1) is 16.6. The van der Waals surface area contributed by atoms with Crippen LogP contribution in [0.25, 0.3) is 28.2 Å². The Kier molecular flexibility index (Phi) is 5.57. The second-order valence-corrected chi connectivity index (χ2v) is 7.41. The summed E-state index contributed by atoms with van der Waals surface area (Å²) < 4.78 is 12.5. The van der Waals surface area contributed by atoms with Gasteiger partial charge in [-0.3, -0.25) is 9.78 Å². The minimum Gasteiger partial charge on any atom is -0.479 e. The number of pyridine rings is 2. The molecule has 0 atom stereocenters. The van der Waals surface area contributed by atoms with Gasteiger partial charge < -0.3 is 14.6 Å². The Balaban J connectivity index is 1.42. The number of hydrogen-bond acceptors (Lipinski definition) is 7. The van der Waals surface area contributed by atoms with Gasteiger partial charge in [-0.05, 0) is 31.2 Å². The number of anilines is 1. The van der Waals surface area contributed by atoms with Crippen molar-refractivity contribution in [1.82, 2.24) is 24.9 Å². The minimum atomic E-state index is -0.365. The van der Waals surface area contributed by atoms with Crippen molar-refractivity contribution in [3.63, 3.8) is 0 Å². The molecule has 1 amide bonds. The van der Waals surface area contributed by atoms with E-state index in [0.29, 0.717) is 28.4 Å². The molecule has 4 aromatic heterocycles. The molecule has 4 heterocycles. The van der Waals surface area contributed by atoms with E-state index in [0.717, 1.165) is 16.8 Å². The van der Waals surface area contributed by atoms with Crippen LogP contribution in [0.5, 0.6) is 5.88 Å². The Morgan fingerprint density at radius 3 is 2.59 bits per heavy atom. The van der Waals surface area contributed by atoms with Crippen LogP contribution < -0.4 is 10.1 Å². The summed E-state index contributed by atoms with van der Waals surface area (Å²) in [7, 11) is 1.50. The van der Waals surface area contributed by atoms with Gasteiger partial charge in [0.25, 0.3) is 5.91 Å². The van der Waals surface area contributed by atoms with Crippen molar-refractivity contribution >= 4 is 11.6 Å². The van der Waals surface area contributed by atoms with Gasteiger partial charge in [0.1, 0.15) is 22.7 Å². The van der Waals surface area contributed by atoms with Crippen LogP contribution in [0.1, 0.15) is 16.1 Å². The highest BCUT2D eigenvalue weighted by Gasteiger charge is 2.23. The molecule has 9 nitrogen and oxygen atoms in total. The number of aryl methyl sites for hydroxylation is 1. The minimum absolute atomic E-state index is 0.276. The Bertz CT molecular complexity index is 1440. The van der Waals surface area contributed by atoms with Crippen LogP contribution >= 0.6 is 0 Å². The maximum Gasteiger partial charge on any atom is 0.261 e. The fraction of sp³-hybridized carbons (Fsp3) is 0.0800. The van der Waals surface area contributed by atoms with Crippen LogP contribution in [0.15, 0.2) is 83.9 Å². The van der Waals surface area contributed by atoms with Gasteiger partial charge in [0, 0.05) is 29.7 Å². The van der Waals surface area contributed by atoms with Crippen molar-refractivity contribution in [2.75, 3.05) is 12.4 Å². The first-order valence-electron chi connectivity index (χ1n) is 10.5. The molecule has 0 unspecified atom stereocenters. The van der Waals surface area contributed by atoms with Crippen LogP contribution in [0.3, 0.4) is 0 Å². The Labute approximate surface area is 195 Å². The molecule has 0 bridgehead atoms. The largest absolute Gasteiger partial charge is 0.479 e. The van der Waals surface area contributed by atoms with E-state index in [-0.39, 0.29) is 11.8 Å². The number of ether oxygens (including phenoxy) is 1. The van der Waals surface area contributed by atoms with E-state index < -0.39 is 0 Å². The summed E-state index contributed by atoms with van der Waals surface area (Å²) in [5, 5.41) is 11.3. The molecule has 34 heavy (non-hydrogen) atoms. The lowest BCUT2D eigenvalue weighted by Crippen LogP contribution is -2.14. The van der Waals surface area contributed by atoms with Gasteiger partial charge in [0.05, 0.1) is 24.7 Å². The van der Waals surface area contributed by atoms with E-state index in [4.69, 9.17) is 9.26 Å². The zero-order chi connectivity index (χ0) is 23.5. The first kappa shape index (κ1) is 21.1. The molecule has 0 aliphatic rings. The third-order valence-corrected chi connectivity index (χ3v) is 5.24. The normalized spacial score (nSPS) is 10.8. The molecule has 0 saturated carbocycles. The molecule has 0 radical (unpaired) electrons. The molecule has 0 aliphatic carbocycles. The van der Waals surface area contributed by atoms with Gasteiger partial charge in [-0.1, -0.05) is 35.5 Å². The second-order valence-electron chi connectivity index (χ2n) is 7.41. The Morgan fingerprint density at radius 1 is 1.03 bits per heavy atom. The highest BCUT2D eigenvalue weighted by Crippen LogP contribution is 2.30. The molecule has 0 aliphatic heterocycles. The number of aromatic nitrogens is 5. The molecule has 0 fully saturated rings. The average molecular weight is 452 g/mol. The fourth-order valence-electron chi connectivity index (χ4n) is 3.56. The zero-order valence-corrected chi connectivity index (χ0v) is 18.5. The van der Waals surface area contributed by atoms with E-state index in [2.05, 4.69) is 25.5 Å². The maximum atomic E-state index is 13.2. The highest BCUT2D eigenvalue weighted by atomic mass is 16.5. The van der Waals surface area contributed by atoms with Gasteiger partial charge in [-0.2, -0.15) is 5.10 Å².